The number of hydrogen-bond donors (Lipinski definition) is 2. The zero-order valence-corrected chi connectivity index (χ0v) is 11.0. The summed E-state index contributed by atoms with van der Waals surface area (Å²) < 4.78 is 5.49. The van der Waals surface area contributed by atoms with E-state index >= 15 is 0 Å². The van der Waals surface area contributed by atoms with Gasteiger partial charge in [-0.3, -0.25) is 0 Å². The van der Waals surface area contributed by atoms with E-state index in [1.54, 1.807) is 13.8 Å². The van der Waals surface area contributed by atoms with E-state index < -0.39 is 0 Å². The molecular weight excluding hydrogens is 230 g/mol. The van der Waals surface area contributed by atoms with Crippen LogP contribution >= 0.6 is 0 Å². The van der Waals surface area contributed by atoms with E-state index in [-0.39, 0.29) is 6.10 Å². The third-order valence-corrected chi connectivity index (χ3v) is 2.67. The van der Waals surface area contributed by atoms with Gasteiger partial charge in [0.25, 0.3) is 0 Å². The number of benzene rings is 1. The standard InChI is InChI=1S/C14H21NO3/c1-11(15-17)3-4-13-5-7-14(8-6-13)18-10-9-12(2)16/h5-8,12,16-17H,3-4,9-10H2,1-2H3/b15-11+. The van der Waals surface area contributed by atoms with Crippen LogP contribution < -0.4 is 4.74 Å². The molecule has 0 aliphatic rings. The monoisotopic (exact) mass is 251 g/mol. The predicted octanol–water partition coefficient (Wildman–Crippen LogP) is 2.62. The molecule has 2 N–H and O–H groups in total. The second kappa shape index (κ2) is 7.71. The summed E-state index contributed by atoms with van der Waals surface area (Å²) in [5.41, 5.74) is 1.91. The average molecular weight is 251 g/mol. The maximum absolute atomic E-state index is 9.11. The topological polar surface area (TPSA) is 62.0 Å². The minimum absolute atomic E-state index is 0.329. The number of aliphatic hydroxyl groups is 1. The summed E-state index contributed by atoms with van der Waals surface area (Å²) in [6.45, 7) is 4.07. The number of oxime groups is 1. The molecule has 0 saturated heterocycles. The zero-order valence-electron chi connectivity index (χ0n) is 11.0. The van der Waals surface area contributed by atoms with E-state index in [9.17, 15) is 0 Å². The first kappa shape index (κ1) is 14.5. The van der Waals surface area contributed by atoms with E-state index in [0.717, 1.165) is 24.3 Å². The SMILES string of the molecule is C/C(CCc1ccc(OCCC(C)O)cc1)=N\O. The van der Waals surface area contributed by atoms with Gasteiger partial charge in [-0.2, -0.15) is 0 Å². The van der Waals surface area contributed by atoms with Crippen molar-refractivity contribution < 1.29 is 15.1 Å². The number of ether oxygens (including phenoxy) is 1. The molecule has 1 aromatic rings. The Kier molecular flexibility index (Phi) is 6.22. The van der Waals surface area contributed by atoms with Crippen LogP contribution in [0.1, 0.15) is 32.3 Å². The summed E-state index contributed by atoms with van der Waals surface area (Å²) in [6.07, 6.45) is 1.90. The Morgan fingerprint density at radius 2 is 2.00 bits per heavy atom. The van der Waals surface area contributed by atoms with Crippen LogP contribution in [0.4, 0.5) is 0 Å². The van der Waals surface area contributed by atoms with Crippen molar-refractivity contribution >= 4 is 5.71 Å². The number of aryl methyl sites for hydroxylation is 1. The quantitative estimate of drug-likeness (QED) is 0.445. The van der Waals surface area contributed by atoms with E-state index in [1.807, 2.05) is 24.3 Å². The lowest BCUT2D eigenvalue weighted by atomic mass is 10.1. The number of hydrogen-bond acceptors (Lipinski definition) is 4. The third-order valence-electron chi connectivity index (χ3n) is 2.67. The molecule has 1 atom stereocenters. The van der Waals surface area contributed by atoms with Gasteiger partial charge in [-0.1, -0.05) is 17.3 Å². The van der Waals surface area contributed by atoms with Crippen LogP contribution in [0.25, 0.3) is 0 Å². The summed E-state index contributed by atoms with van der Waals surface area (Å²) in [7, 11) is 0. The molecule has 4 nitrogen and oxygen atoms in total. The van der Waals surface area contributed by atoms with Crippen molar-refractivity contribution in [2.75, 3.05) is 6.61 Å². The van der Waals surface area contributed by atoms with Crippen molar-refractivity contribution in [2.45, 2.75) is 39.2 Å². The Labute approximate surface area is 108 Å². The molecule has 1 unspecified atom stereocenters. The molecule has 18 heavy (non-hydrogen) atoms. The van der Waals surface area contributed by atoms with Crippen molar-refractivity contribution in [1.29, 1.82) is 0 Å². The van der Waals surface area contributed by atoms with Crippen molar-refractivity contribution in [1.82, 2.24) is 0 Å². The molecule has 0 bridgehead atoms. The van der Waals surface area contributed by atoms with Crippen molar-refractivity contribution in [3.05, 3.63) is 29.8 Å². The lowest BCUT2D eigenvalue weighted by Crippen LogP contribution is -2.07. The Balaban J connectivity index is 2.37. The Hall–Kier alpha value is -1.55. The fraction of sp³-hybridized carbons (Fsp3) is 0.500. The normalized spacial score (nSPS) is 13.4. The maximum Gasteiger partial charge on any atom is 0.119 e. The van der Waals surface area contributed by atoms with Gasteiger partial charge in [-0.15, -0.1) is 0 Å². The van der Waals surface area contributed by atoms with Crippen LogP contribution in [0.5, 0.6) is 5.75 Å². The second-order valence-corrected chi connectivity index (χ2v) is 4.47. The van der Waals surface area contributed by atoms with Crippen LogP contribution in [-0.2, 0) is 6.42 Å². The summed E-state index contributed by atoms with van der Waals surface area (Å²) in [4.78, 5) is 0. The average Bonchev–Trinajstić information content (AvgIpc) is 2.37. The highest BCUT2D eigenvalue weighted by Gasteiger charge is 1.99. The molecule has 0 aromatic heterocycles. The maximum atomic E-state index is 9.11. The Bertz CT molecular complexity index is 371. The van der Waals surface area contributed by atoms with E-state index in [2.05, 4.69) is 5.16 Å². The zero-order chi connectivity index (χ0) is 13.4. The minimum Gasteiger partial charge on any atom is -0.493 e. The van der Waals surface area contributed by atoms with Gasteiger partial charge in [0, 0.05) is 6.42 Å². The highest BCUT2D eigenvalue weighted by atomic mass is 16.5. The van der Waals surface area contributed by atoms with Crippen LogP contribution in [0.3, 0.4) is 0 Å². The smallest absolute Gasteiger partial charge is 0.119 e. The molecule has 1 rings (SSSR count). The highest BCUT2D eigenvalue weighted by Crippen LogP contribution is 2.14. The minimum atomic E-state index is -0.329. The molecule has 0 heterocycles. The third kappa shape index (κ3) is 5.68. The van der Waals surface area contributed by atoms with Gasteiger partial charge in [-0.05, 0) is 44.4 Å². The molecule has 0 radical (unpaired) electrons. The number of nitrogens with zero attached hydrogens (tertiary/aromatic N) is 1. The molecule has 4 heteroatoms. The fourth-order valence-corrected chi connectivity index (χ4v) is 1.47. The molecule has 0 aliphatic carbocycles. The second-order valence-electron chi connectivity index (χ2n) is 4.47. The molecule has 0 saturated carbocycles. The first-order chi connectivity index (χ1) is 8.61. The van der Waals surface area contributed by atoms with Gasteiger partial charge < -0.3 is 15.1 Å². The van der Waals surface area contributed by atoms with Gasteiger partial charge in [0.15, 0.2) is 0 Å². The van der Waals surface area contributed by atoms with Crippen LogP contribution in [0.2, 0.25) is 0 Å². The largest absolute Gasteiger partial charge is 0.493 e. The van der Waals surface area contributed by atoms with Crippen LogP contribution in [0.15, 0.2) is 29.4 Å². The summed E-state index contributed by atoms with van der Waals surface area (Å²) in [6, 6.07) is 7.84. The molecule has 0 spiro atoms. The molecule has 0 fully saturated rings. The Morgan fingerprint density at radius 3 is 2.56 bits per heavy atom. The van der Waals surface area contributed by atoms with Crippen LogP contribution in [0, 0.1) is 0 Å². The predicted molar refractivity (Wildman–Crippen MR) is 71.5 cm³/mol. The first-order valence-corrected chi connectivity index (χ1v) is 6.19. The Morgan fingerprint density at radius 1 is 1.33 bits per heavy atom. The first-order valence-electron chi connectivity index (χ1n) is 6.19. The van der Waals surface area contributed by atoms with Gasteiger partial charge >= 0.3 is 0 Å². The molecule has 0 amide bonds. The lowest BCUT2D eigenvalue weighted by molar-refractivity contribution is 0.155. The van der Waals surface area contributed by atoms with Gasteiger partial charge in [0.1, 0.15) is 5.75 Å². The number of aliphatic hydroxyl groups excluding tert-OH is 1. The highest BCUT2D eigenvalue weighted by molar-refractivity contribution is 5.81. The lowest BCUT2D eigenvalue weighted by Gasteiger charge is -2.08. The van der Waals surface area contributed by atoms with Crippen molar-refractivity contribution in [2.24, 2.45) is 5.16 Å². The summed E-state index contributed by atoms with van der Waals surface area (Å²) in [5.74, 6) is 0.812. The fourth-order valence-electron chi connectivity index (χ4n) is 1.47. The van der Waals surface area contributed by atoms with Crippen molar-refractivity contribution in [3.63, 3.8) is 0 Å². The number of rotatable bonds is 7. The molecule has 0 aliphatic heterocycles. The molecule has 100 valence electrons. The van der Waals surface area contributed by atoms with Crippen molar-refractivity contribution in [3.8, 4) is 5.75 Å². The van der Waals surface area contributed by atoms with Crippen LogP contribution in [-0.4, -0.2) is 28.7 Å². The van der Waals surface area contributed by atoms with E-state index in [4.69, 9.17) is 15.1 Å². The summed E-state index contributed by atoms with van der Waals surface area (Å²) in [5, 5.41) is 20.8. The molecular formula is C14H21NO3. The van der Waals surface area contributed by atoms with Gasteiger partial charge in [0.05, 0.1) is 18.4 Å². The van der Waals surface area contributed by atoms with Gasteiger partial charge in [-0.25, -0.2) is 0 Å². The van der Waals surface area contributed by atoms with E-state index in [1.165, 1.54) is 5.56 Å². The molecule has 1 aromatic carbocycles. The summed E-state index contributed by atoms with van der Waals surface area (Å²) >= 11 is 0. The van der Waals surface area contributed by atoms with E-state index in [0.29, 0.717) is 13.0 Å². The van der Waals surface area contributed by atoms with Gasteiger partial charge in [0.2, 0.25) is 0 Å².